The van der Waals surface area contributed by atoms with E-state index in [1.165, 1.54) is 77.0 Å². The molecule has 1 aromatic rings. The summed E-state index contributed by atoms with van der Waals surface area (Å²) in [5, 5.41) is -0.221. The minimum Gasteiger partial charge on any atom is -0.223 e. The maximum Gasteiger partial charge on any atom is 0.181 e. The second-order valence-corrected chi connectivity index (χ2v) is 11.6. The summed E-state index contributed by atoms with van der Waals surface area (Å²) in [6.07, 6.45) is 26.4. The summed E-state index contributed by atoms with van der Waals surface area (Å²) in [6, 6.07) is 9.03. The average Bonchev–Trinajstić information content (AvgIpc) is 2.81. The molecule has 1 atom stereocenters. The Hall–Kier alpha value is -1.09. The summed E-state index contributed by atoms with van der Waals surface area (Å²) in [5.41, 5.74) is 0. The van der Waals surface area contributed by atoms with E-state index in [-0.39, 0.29) is 5.25 Å². The molecule has 0 N–H and O–H groups in total. The van der Waals surface area contributed by atoms with Crippen LogP contribution in [-0.4, -0.2) is 13.7 Å². The molecule has 0 heterocycles. The van der Waals surface area contributed by atoms with Crippen LogP contribution in [0, 0.1) is 0 Å². The topological polar surface area (TPSA) is 34.1 Å². The van der Waals surface area contributed by atoms with E-state index < -0.39 is 9.84 Å². The Morgan fingerprint density at radius 3 is 1.66 bits per heavy atom. The van der Waals surface area contributed by atoms with Crippen LogP contribution in [0.1, 0.15) is 129 Å². The fourth-order valence-corrected chi connectivity index (χ4v) is 6.18. The molecular formula is C29H50O2S. The molecule has 0 saturated heterocycles. The minimum atomic E-state index is -3.20. The van der Waals surface area contributed by atoms with Crippen molar-refractivity contribution in [2.45, 2.75) is 140 Å². The molecule has 0 radical (unpaired) electrons. The lowest BCUT2D eigenvalue weighted by molar-refractivity contribution is 0.523. The maximum atomic E-state index is 13.0. The van der Waals surface area contributed by atoms with E-state index >= 15 is 0 Å². The van der Waals surface area contributed by atoms with Crippen molar-refractivity contribution in [3.05, 3.63) is 42.5 Å². The molecule has 32 heavy (non-hydrogen) atoms. The Labute approximate surface area is 200 Å². The van der Waals surface area contributed by atoms with Crippen LogP contribution in [0.5, 0.6) is 0 Å². The van der Waals surface area contributed by atoms with Gasteiger partial charge in [-0.3, -0.25) is 0 Å². The van der Waals surface area contributed by atoms with E-state index in [1.54, 1.807) is 12.1 Å². The summed E-state index contributed by atoms with van der Waals surface area (Å²) in [4.78, 5) is 0.491. The lowest BCUT2D eigenvalue weighted by Crippen LogP contribution is -2.21. The van der Waals surface area contributed by atoms with Crippen LogP contribution >= 0.6 is 0 Å². The normalized spacial score (nSPS) is 13.1. The third-order valence-corrected chi connectivity index (χ3v) is 8.71. The highest BCUT2D eigenvalue weighted by atomic mass is 32.2. The smallest absolute Gasteiger partial charge is 0.181 e. The van der Waals surface area contributed by atoms with Crippen molar-refractivity contribution in [2.75, 3.05) is 0 Å². The van der Waals surface area contributed by atoms with Crippen LogP contribution in [0.3, 0.4) is 0 Å². The van der Waals surface area contributed by atoms with Gasteiger partial charge >= 0.3 is 0 Å². The van der Waals surface area contributed by atoms with Gasteiger partial charge in [0.05, 0.1) is 10.1 Å². The summed E-state index contributed by atoms with van der Waals surface area (Å²) in [7, 11) is -3.20. The lowest BCUT2D eigenvalue weighted by Gasteiger charge is -2.17. The van der Waals surface area contributed by atoms with E-state index in [9.17, 15) is 8.42 Å². The number of benzene rings is 1. The average molecular weight is 463 g/mol. The molecule has 1 aromatic carbocycles. The Morgan fingerprint density at radius 1 is 0.625 bits per heavy atom. The third-order valence-electron chi connectivity index (χ3n) is 6.43. The molecule has 0 aliphatic rings. The molecule has 0 amide bonds. The van der Waals surface area contributed by atoms with Gasteiger partial charge in [0.1, 0.15) is 0 Å². The first kappa shape index (κ1) is 28.9. The number of allylic oxidation sites excluding steroid dienone is 2. The standard InChI is InChI=1S/C29H50O2S/c1-3-5-7-8-9-10-11-12-13-14-15-16-17-18-19-21-25-28(24-6-4-2)32(30,31)29-26-22-20-23-27-29/h12-13,20,22-23,26-28H,3-11,14-19,21,24-25H2,1-2H3. The van der Waals surface area contributed by atoms with Crippen molar-refractivity contribution in [1.82, 2.24) is 0 Å². The summed E-state index contributed by atoms with van der Waals surface area (Å²) in [5.74, 6) is 0. The van der Waals surface area contributed by atoms with Gasteiger partial charge in [0.2, 0.25) is 0 Å². The second-order valence-electron chi connectivity index (χ2n) is 9.35. The van der Waals surface area contributed by atoms with Gasteiger partial charge in [0.15, 0.2) is 9.84 Å². The van der Waals surface area contributed by atoms with Crippen molar-refractivity contribution in [1.29, 1.82) is 0 Å². The van der Waals surface area contributed by atoms with Crippen molar-refractivity contribution >= 4 is 9.84 Å². The first-order valence-corrected chi connectivity index (χ1v) is 15.1. The van der Waals surface area contributed by atoms with Gasteiger partial charge < -0.3 is 0 Å². The van der Waals surface area contributed by atoms with E-state index in [4.69, 9.17) is 0 Å². The maximum absolute atomic E-state index is 13.0. The number of hydrogen-bond donors (Lipinski definition) is 0. The SMILES string of the molecule is CCCCCCCCC=CCCCCCCCCC(CCCC)S(=O)(=O)c1ccccc1. The highest BCUT2D eigenvalue weighted by Crippen LogP contribution is 2.25. The number of hydrogen-bond acceptors (Lipinski definition) is 2. The van der Waals surface area contributed by atoms with Crippen LogP contribution in [-0.2, 0) is 9.84 Å². The van der Waals surface area contributed by atoms with Crippen molar-refractivity contribution in [2.24, 2.45) is 0 Å². The highest BCUT2D eigenvalue weighted by molar-refractivity contribution is 7.92. The Morgan fingerprint density at radius 2 is 1.09 bits per heavy atom. The molecule has 2 nitrogen and oxygen atoms in total. The number of sulfone groups is 1. The summed E-state index contributed by atoms with van der Waals surface area (Å²) in [6.45, 7) is 4.41. The highest BCUT2D eigenvalue weighted by Gasteiger charge is 2.26. The predicted octanol–water partition coefficient (Wildman–Crippen LogP) is 9.45. The van der Waals surface area contributed by atoms with E-state index in [0.717, 1.165) is 38.5 Å². The molecular weight excluding hydrogens is 412 g/mol. The van der Waals surface area contributed by atoms with Gasteiger partial charge in [-0.25, -0.2) is 8.42 Å². The fourth-order valence-electron chi connectivity index (χ4n) is 4.31. The number of unbranched alkanes of at least 4 members (excludes halogenated alkanes) is 13. The van der Waals surface area contributed by atoms with Gasteiger partial charge in [-0.2, -0.15) is 0 Å². The van der Waals surface area contributed by atoms with E-state index in [1.807, 2.05) is 18.2 Å². The molecule has 0 aliphatic heterocycles. The minimum absolute atomic E-state index is 0.221. The van der Waals surface area contributed by atoms with Gasteiger partial charge in [-0.1, -0.05) is 121 Å². The zero-order chi connectivity index (χ0) is 23.3. The molecule has 0 bridgehead atoms. The van der Waals surface area contributed by atoms with Crippen molar-refractivity contribution in [3.8, 4) is 0 Å². The van der Waals surface area contributed by atoms with Gasteiger partial charge in [0, 0.05) is 0 Å². The lowest BCUT2D eigenvalue weighted by atomic mass is 10.0. The zero-order valence-electron chi connectivity index (χ0n) is 21.1. The zero-order valence-corrected chi connectivity index (χ0v) is 21.9. The molecule has 0 aliphatic carbocycles. The second kappa shape index (κ2) is 19.4. The molecule has 0 saturated carbocycles. The molecule has 1 rings (SSSR count). The molecule has 0 aromatic heterocycles. The summed E-state index contributed by atoms with van der Waals surface area (Å²) >= 11 is 0. The first-order valence-electron chi connectivity index (χ1n) is 13.6. The Kier molecular flexibility index (Phi) is 17.5. The first-order chi connectivity index (χ1) is 15.6. The molecule has 3 heteroatoms. The van der Waals surface area contributed by atoms with Crippen molar-refractivity contribution in [3.63, 3.8) is 0 Å². The Bertz CT molecular complexity index is 664. The monoisotopic (exact) mass is 462 g/mol. The largest absolute Gasteiger partial charge is 0.223 e. The molecule has 0 spiro atoms. The van der Waals surface area contributed by atoms with Crippen LogP contribution in [0.15, 0.2) is 47.4 Å². The van der Waals surface area contributed by atoms with Gasteiger partial charge in [-0.05, 0) is 50.7 Å². The van der Waals surface area contributed by atoms with Crippen molar-refractivity contribution < 1.29 is 8.42 Å². The summed E-state index contributed by atoms with van der Waals surface area (Å²) < 4.78 is 26.0. The molecule has 1 unspecified atom stereocenters. The third kappa shape index (κ3) is 13.5. The van der Waals surface area contributed by atoms with Crippen LogP contribution in [0.2, 0.25) is 0 Å². The van der Waals surface area contributed by atoms with Crippen LogP contribution in [0.4, 0.5) is 0 Å². The van der Waals surface area contributed by atoms with Crippen LogP contribution in [0.25, 0.3) is 0 Å². The van der Waals surface area contributed by atoms with E-state index in [0.29, 0.717) is 4.90 Å². The molecule has 184 valence electrons. The number of rotatable bonds is 21. The molecule has 0 fully saturated rings. The van der Waals surface area contributed by atoms with Gasteiger partial charge in [0.25, 0.3) is 0 Å². The quantitative estimate of drug-likeness (QED) is 0.135. The van der Waals surface area contributed by atoms with Crippen LogP contribution < -0.4 is 0 Å². The fraction of sp³-hybridized carbons (Fsp3) is 0.724. The Balaban J connectivity index is 2.11. The van der Waals surface area contributed by atoms with Gasteiger partial charge in [-0.15, -0.1) is 0 Å². The van der Waals surface area contributed by atoms with E-state index in [2.05, 4.69) is 26.0 Å². The predicted molar refractivity (Wildman–Crippen MR) is 141 cm³/mol.